The highest BCUT2D eigenvalue weighted by Crippen LogP contribution is 2.27. The van der Waals surface area contributed by atoms with E-state index in [1.165, 1.54) is 6.07 Å². The summed E-state index contributed by atoms with van der Waals surface area (Å²) in [5.41, 5.74) is 6.27. The van der Waals surface area contributed by atoms with Crippen LogP contribution in [0.2, 0.25) is 0 Å². The largest absolute Gasteiger partial charge is 0.339 e. The fourth-order valence-corrected chi connectivity index (χ4v) is 1.76. The Labute approximate surface area is 122 Å². The maximum Gasteiger partial charge on any atom is 0.280 e. The zero-order chi connectivity index (χ0) is 15.6. The van der Waals surface area contributed by atoms with E-state index in [9.17, 15) is 10.1 Å². The van der Waals surface area contributed by atoms with Crippen LogP contribution in [0, 0.1) is 15.5 Å². The van der Waals surface area contributed by atoms with Crippen LogP contribution in [0.25, 0.3) is 11.4 Å². The van der Waals surface area contributed by atoms with Gasteiger partial charge in [-0.1, -0.05) is 38.1 Å². The lowest BCUT2D eigenvalue weighted by atomic mass is 9.85. The lowest BCUT2D eigenvalue weighted by molar-refractivity contribution is -0.384. The van der Waals surface area contributed by atoms with Crippen molar-refractivity contribution in [1.82, 2.24) is 10.1 Å². The van der Waals surface area contributed by atoms with Crippen molar-refractivity contribution in [3.05, 3.63) is 40.3 Å². The molecule has 2 N–H and O–H groups in total. The van der Waals surface area contributed by atoms with Gasteiger partial charge in [0.2, 0.25) is 11.7 Å². The molecule has 2 aromatic rings. The highest BCUT2D eigenvalue weighted by atomic mass is 16.6. The molecule has 21 heavy (non-hydrogen) atoms. The molecule has 0 radical (unpaired) electrons. The van der Waals surface area contributed by atoms with Crippen molar-refractivity contribution in [2.75, 3.05) is 0 Å². The van der Waals surface area contributed by atoms with Crippen molar-refractivity contribution >= 4 is 5.69 Å². The molecule has 0 spiro atoms. The molecule has 0 aliphatic heterocycles. The SMILES string of the molecule is CC(C)(C)C(N)Cc1nc(-c2ccccc2[N+](=O)[O-])no1. The summed E-state index contributed by atoms with van der Waals surface area (Å²) in [7, 11) is 0. The fraction of sp³-hybridized carbons (Fsp3) is 0.429. The van der Waals surface area contributed by atoms with E-state index < -0.39 is 4.92 Å². The summed E-state index contributed by atoms with van der Waals surface area (Å²) in [6, 6.07) is 6.15. The number of para-hydroxylation sites is 1. The highest BCUT2D eigenvalue weighted by Gasteiger charge is 2.24. The van der Waals surface area contributed by atoms with Crippen LogP contribution in [-0.4, -0.2) is 21.1 Å². The first kappa shape index (κ1) is 15.1. The molecular weight excluding hydrogens is 272 g/mol. The second-order valence-electron chi connectivity index (χ2n) is 5.96. The Morgan fingerprint density at radius 2 is 2.05 bits per heavy atom. The summed E-state index contributed by atoms with van der Waals surface area (Å²) in [6.45, 7) is 6.07. The molecule has 1 heterocycles. The maximum atomic E-state index is 11.0. The van der Waals surface area contributed by atoms with Crippen LogP contribution < -0.4 is 5.73 Å². The van der Waals surface area contributed by atoms with Gasteiger partial charge < -0.3 is 10.3 Å². The number of nitro groups is 1. The Morgan fingerprint density at radius 3 is 2.67 bits per heavy atom. The van der Waals surface area contributed by atoms with Gasteiger partial charge in [0, 0.05) is 18.5 Å². The molecule has 0 amide bonds. The Morgan fingerprint density at radius 1 is 1.38 bits per heavy atom. The fourth-order valence-electron chi connectivity index (χ4n) is 1.76. The first-order valence-corrected chi connectivity index (χ1v) is 6.61. The van der Waals surface area contributed by atoms with Crippen LogP contribution in [0.15, 0.2) is 28.8 Å². The number of benzene rings is 1. The van der Waals surface area contributed by atoms with Gasteiger partial charge in [-0.05, 0) is 11.5 Å². The molecule has 112 valence electrons. The number of nitrogens with zero attached hydrogens (tertiary/aromatic N) is 3. The molecule has 7 heteroatoms. The molecule has 0 aliphatic carbocycles. The van der Waals surface area contributed by atoms with Crippen LogP contribution >= 0.6 is 0 Å². The average molecular weight is 290 g/mol. The molecule has 1 unspecified atom stereocenters. The number of hydrogen-bond acceptors (Lipinski definition) is 6. The normalized spacial score (nSPS) is 13.1. The summed E-state index contributed by atoms with van der Waals surface area (Å²) in [4.78, 5) is 14.8. The zero-order valence-corrected chi connectivity index (χ0v) is 12.2. The number of nitro benzene ring substituents is 1. The molecule has 0 fully saturated rings. The lowest BCUT2D eigenvalue weighted by Gasteiger charge is -2.25. The third-order valence-electron chi connectivity index (χ3n) is 3.32. The maximum absolute atomic E-state index is 11.0. The second kappa shape index (κ2) is 5.61. The number of hydrogen-bond donors (Lipinski definition) is 1. The second-order valence-corrected chi connectivity index (χ2v) is 5.96. The van der Waals surface area contributed by atoms with E-state index in [0.717, 1.165) is 0 Å². The first-order chi connectivity index (χ1) is 9.79. The molecule has 0 saturated carbocycles. The molecule has 0 bridgehead atoms. The third-order valence-corrected chi connectivity index (χ3v) is 3.32. The van der Waals surface area contributed by atoms with E-state index in [1.807, 2.05) is 20.8 Å². The molecule has 0 saturated heterocycles. The Balaban J connectivity index is 2.27. The van der Waals surface area contributed by atoms with Gasteiger partial charge in [0.1, 0.15) is 5.56 Å². The van der Waals surface area contributed by atoms with Crippen molar-refractivity contribution in [3.63, 3.8) is 0 Å². The Bertz CT molecular complexity index is 646. The Kier molecular flexibility index (Phi) is 4.04. The third kappa shape index (κ3) is 3.43. The average Bonchev–Trinajstić information content (AvgIpc) is 2.86. The van der Waals surface area contributed by atoms with E-state index >= 15 is 0 Å². The lowest BCUT2D eigenvalue weighted by Crippen LogP contribution is -2.36. The van der Waals surface area contributed by atoms with Gasteiger partial charge in [-0.3, -0.25) is 10.1 Å². The van der Waals surface area contributed by atoms with Crippen molar-refractivity contribution in [2.45, 2.75) is 33.2 Å². The molecule has 2 rings (SSSR count). The van der Waals surface area contributed by atoms with Gasteiger partial charge in [0.25, 0.3) is 5.69 Å². The summed E-state index contributed by atoms with van der Waals surface area (Å²) < 4.78 is 5.16. The quantitative estimate of drug-likeness (QED) is 0.684. The van der Waals surface area contributed by atoms with Gasteiger partial charge in [-0.25, -0.2) is 0 Å². The molecule has 0 aliphatic rings. The van der Waals surface area contributed by atoms with Gasteiger partial charge in [0.15, 0.2) is 0 Å². The smallest absolute Gasteiger partial charge is 0.280 e. The Hall–Kier alpha value is -2.28. The molecule has 1 atom stereocenters. The van der Waals surface area contributed by atoms with E-state index in [2.05, 4.69) is 10.1 Å². The topological polar surface area (TPSA) is 108 Å². The van der Waals surface area contributed by atoms with Crippen molar-refractivity contribution in [2.24, 2.45) is 11.1 Å². The van der Waals surface area contributed by atoms with Crippen LogP contribution in [0.5, 0.6) is 0 Å². The zero-order valence-electron chi connectivity index (χ0n) is 12.2. The summed E-state index contributed by atoms with van der Waals surface area (Å²) >= 11 is 0. The van der Waals surface area contributed by atoms with E-state index in [4.69, 9.17) is 10.3 Å². The van der Waals surface area contributed by atoms with Crippen molar-refractivity contribution in [1.29, 1.82) is 0 Å². The van der Waals surface area contributed by atoms with Crippen LogP contribution in [0.4, 0.5) is 5.69 Å². The predicted octanol–water partition coefficient (Wildman–Crippen LogP) is 2.56. The highest BCUT2D eigenvalue weighted by molar-refractivity contribution is 5.67. The summed E-state index contributed by atoms with van der Waals surface area (Å²) in [5, 5.41) is 14.8. The number of aromatic nitrogens is 2. The standard InChI is InChI=1S/C14H18N4O3/c1-14(2,3)11(15)8-12-16-13(17-21-12)9-6-4-5-7-10(9)18(19)20/h4-7,11H,8,15H2,1-3H3. The minimum absolute atomic E-state index is 0.0510. The van der Waals surface area contributed by atoms with Crippen LogP contribution in [-0.2, 0) is 6.42 Å². The monoisotopic (exact) mass is 290 g/mol. The minimum Gasteiger partial charge on any atom is -0.339 e. The van der Waals surface area contributed by atoms with E-state index in [0.29, 0.717) is 17.9 Å². The van der Waals surface area contributed by atoms with E-state index in [-0.39, 0.29) is 23.0 Å². The van der Waals surface area contributed by atoms with Crippen LogP contribution in [0.1, 0.15) is 26.7 Å². The van der Waals surface area contributed by atoms with Crippen LogP contribution in [0.3, 0.4) is 0 Å². The van der Waals surface area contributed by atoms with Crippen molar-refractivity contribution < 1.29 is 9.45 Å². The van der Waals surface area contributed by atoms with Gasteiger partial charge in [-0.15, -0.1) is 0 Å². The summed E-state index contributed by atoms with van der Waals surface area (Å²) in [6.07, 6.45) is 0.428. The van der Waals surface area contributed by atoms with Gasteiger partial charge in [-0.2, -0.15) is 4.98 Å². The number of rotatable bonds is 4. The molecule has 1 aromatic heterocycles. The van der Waals surface area contributed by atoms with Gasteiger partial charge >= 0.3 is 0 Å². The predicted molar refractivity (Wildman–Crippen MR) is 77.5 cm³/mol. The summed E-state index contributed by atoms with van der Waals surface area (Å²) in [5.74, 6) is 0.587. The minimum atomic E-state index is -0.466. The van der Waals surface area contributed by atoms with Crippen molar-refractivity contribution in [3.8, 4) is 11.4 Å². The van der Waals surface area contributed by atoms with Gasteiger partial charge in [0.05, 0.1) is 4.92 Å². The van der Waals surface area contributed by atoms with E-state index in [1.54, 1.807) is 18.2 Å². The molecule has 1 aromatic carbocycles. The molecular formula is C14H18N4O3. The molecule has 7 nitrogen and oxygen atoms in total. The first-order valence-electron chi connectivity index (χ1n) is 6.61. The number of nitrogens with two attached hydrogens (primary N) is 1.